The second-order valence-corrected chi connectivity index (χ2v) is 5.88. The molecule has 1 heterocycles. The Morgan fingerprint density at radius 1 is 1.24 bits per heavy atom. The first-order chi connectivity index (χ1) is 10.0. The van der Waals surface area contributed by atoms with Crippen LogP contribution in [0.5, 0.6) is 0 Å². The minimum Gasteiger partial charge on any atom is -0.312 e. The van der Waals surface area contributed by atoms with Crippen molar-refractivity contribution in [1.82, 2.24) is 15.1 Å². The maximum absolute atomic E-state index is 13.9. The average molecular weight is 297 g/mol. The van der Waals surface area contributed by atoms with Crippen LogP contribution in [0.4, 0.5) is 8.78 Å². The topological polar surface area (TPSA) is 18.5 Å². The molecule has 2 unspecified atom stereocenters. The van der Waals surface area contributed by atoms with Crippen LogP contribution in [-0.2, 0) is 6.42 Å². The van der Waals surface area contributed by atoms with E-state index in [0.29, 0.717) is 6.42 Å². The molecule has 0 amide bonds. The van der Waals surface area contributed by atoms with Gasteiger partial charge in [-0.05, 0) is 39.2 Å². The fraction of sp³-hybridized carbons (Fsp3) is 0.625. The number of hydrogen-bond acceptors (Lipinski definition) is 3. The van der Waals surface area contributed by atoms with Gasteiger partial charge >= 0.3 is 0 Å². The summed E-state index contributed by atoms with van der Waals surface area (Å²) in [5.41, 5.74) is 0.185. The Morgan fingerprint density at radius 3 is 2.52 bits per heavy atom. The Balaban J connectivity index is 2.18. The van der Waals surface area contributed by atoms with Crippen LogP contribution in [0.3, 0.4) is 0 Å². The van der Waals surface area contributed by atoms with E-state index in [2.05, 4.69) is 29.2 Å². The molecule has 0 aliphatic carbocycles. The molecule has 2 atom stereocenters. The van der Waals surface area contributed by atoms with E-state index < -0.39 is 11.6 Å². The zero-order chi connectivity index (χ0) is 15.4. The zero-order valence-electron chi connectivity index (χ0n) is 13.1. The van der Waals surface area contributed by atoms with Crippen LogP contribution in [0.15, 0.2) is 18.2 Å². The van der Waals surface area contributed by atoms with Gasteiger partial charge in [-0.1, -0.05) is 13.0 Å². The molecule has 0 bridgehead atoms. The molecule has 5 heteroatoms. The first-order valence-corrected chi connectivity index (χ1v) is 7.58. The van der Waals surface area contributed by atoms with Crippen molar-refractivity contribution < 1.29 is 8.78 Å². The average Bonchev–Trinajstić information content (AvgIpc) is 2.44. The fourth-order valence-corrected chi connectivity index (χ4v) is 3.03. The standard InChI is InChI=1S/C16H25F2N3/c1-4-19-15(16-11-20(2)8-9-21(16)3)10-12-13(17)6-5-7-14(12)18/h5-7,15-16,19H,4,8-11H2,1-3H3. The Labute approximate surface area is 125 Å². The molecule has 118 valence electrons. The minimum absolute atomic E-state index is 0.0362. The SMILES string of the molecule is CCNC(Cc1c(F)cccc1F)C1CN(C)CCN1C. The molecule has 1 aromatic carbocycles. The molecule has 0 radical (unpaired) electrons. The van der Waals surface area contributed by atoms with E-state index in [-0.39, 0.29) is 17.6 Å². The van der Waals surface area contributed by atoms with Gasteiger partial charge in [0.25, 0.3) is 0 Å². The summed E-state index contributed by atoms with van der Waals surface area (Å²) in [5, 5.41) is 3.40. The molecule has 1 N–H and O–H groups in total. The van der Waals surface area contributed by atoms with Crippen LogP contribution in [0.1, 0.15) is 12.5 Å². The first-order valence-electron chi connectivity index (χ1n) is 7.58. The predicted molar refractivity (Wildman–Crippen MR) is 81.4 cm³/mol. The van der Waals surface area contributed by atoms with E-state index >= 15 is 0 Å². The third-order valence-electron chi connectivity index (χ3n) is 4.32. The van der Waals surface area contributed by atoms with E-state index in [4.69, 9.17) is 0 Å². The van der Waals surface area contributed by atoms with Crippen molar-refractivity contribution in [3.63, 3.8) is 0 Å². The van der Waals surface area contributed by atoms with Crippen LogP contribution in [0.25, 0.3) is 0 Å². The minimum atomic E-state index is -0.454. The quantitative estimate of drug-likeness (QED) is 0.893. The summed E-state index contributed by atoms with van der Waals surface area (Å²) in [7, 11) is 4.17. The van der Waals surface area contributed by atoms with Crippen LogP contribution in [0.2, 0.25) is 0 Å². The van der Waals surface area contributed by atoms with Crippen molar-refractivity contribution >= 4 is 0 Å². The van der Waals surface area contributed by atoms with Gasteiger partial charge in [-0.25, -0.2) is 8.78 Å². The lowest BCUT2D eigenvalue weighted by atomic mass is 9.96. The van der Waals surface area contributed by atoms with Crippen molar-refractivity contribution in [3.05, 3.63) is 35.4 Å². The maximum Gasteiger partial charge on any atom is 0.129 e. The molecule has 1 aliphatic rings. The highest BCUT2D eigenvalue weighted by Crippen LogP contribution is 2.19. The number of rotatable bonds is 5. The summed E-state index contributed by atoms with van der Waals surface area (Å²) in [6.45, 7) is 5.72. The molecule has 0 spiro atoms. The van der Waals surface area contributed by atoms with Gasteiger partial charge in [0, 0.05) is 37.3 Å². The zero-order valence-corrected chi connectivity index (χ0v) is 13.1. The Hall–Kier alpha value is -1.04. The van der Waals surface area contributed by atoms with E-state index in [1.54, 1.807) is 0 Å². The van der Waals surface area contributed by atoms with Gasteiger partial charge in [0.2, 0.25) is 0 Å². The lowest BCUT2D eigenvalue weighted by molar-refractivity contribution is 0.0876. The van der Waals surface area contributed by atoms with E-state index in [9.17, 15) is 8.78 Å². The highest BCUT2D eigenvalue weighted by atomic mass is 19.1. The summed E-state index contributed by atoms with van der Waals surface area (Å²) in [4.78, 5) is 4.55. The largest absolute Gasteiger partial charge is 0.312 e. The highest BCUT2D eigenvalue weighted by molar-refractivity contribution is 5.21. The van der Waals surface area contributed by atoms with Crippen LogP contribution in [-0.4, -0.2) is 62.2 Å². The number of piperazine rings is 1. The Kier molecular flexibility index (Phi) is 5.67. The van der Waals surface area contributed by atoms with Gasteiger partial charge in [0.15, 0.2) is 0 Å². The van der Waals surface area contributed by atoms with Crippen LogP contribution >= 0.6 is 0 Å². The summed E-state index contributed by atoms with van der Waals surface area (Å²) in [5.74, 6) is -0.908. The Bertz CT molecular complexity index is 447. The van der Waals surface area contributed by atoms with Gasteiger partial charge in [0.05, 0.1) is 0 Å². The number of halogens is 2. The number of nitrogens with one attached hydrogen (secondary N) is 1. The third kappa shape index (κ3) is 3.99. The Morgan fingerprint density at radius 2 is 1.90 bits per heavy atom. The second-order valence-electron chi connectivity index (χ2n) is 5.88. The lowest BCUT2D eigenvalue weighted by Gasteiger charge is -2.42. The summed E-state index contributed by atoms with van der Waals surface area (Å²) in [6.07, 6.45) is 0.370. The summed E-state index contributed by atoms with van der Waals surface area (Å²) < 4.78 is 27.8. The summed E-state index contributed by atoms with van der Waals surface area (Å²) in [6, 6.07) is 4.37. The number of likely N-dealkylation sites (N-methyl/N-ethyl adjacent to an activating group) is 3. The number of nitrogens with zero attached hydrogens (tertiary/aromatic N) is 2. The smallest absolute Gasteiger partial charge is 0.129 e. The van der Waals surface area contributed by atoms with Crippen molar-refractivity contribution in [2.75, 3.05) is 40.3 Å². The molecular formula is C16H25F2N3. The lowest BCUT2D eigenvalue weighted by Crippen LogP contribution is -2.59. The second kappa shape index (κ2) is 7.29. The molecule has 1 aromatic rings. The number of benzene rings is 1. The third-order valence-corrected chi connectivity index (χ3v) is 4.32. The molecular weight excluding hydrogens is 272 g/mol. The first kappa shape index (κ1) is 16.3. The number of hydrogen-bond donors (Lipinski definition) is 1. The predicted octanol–water partition coefficient (Wildman–Crippen LogP) is 1.73. The summed E-state index contributed by atoms with van der Waals surface area (Å²) >= 11 is 0. The van der Waals surface area contributed by atoms with E-state index in [1.165, 1.54) is 18.2 Å². The normalized spacial score (nSPS) is 22.4. The monoisotopic (exact) mass is 297 g/mol. The maximum atomic E-state index is 13.9. The van der Waals surface area contributed by atoms with Crippen molar-refractivity contribution in [2.45, 2.75) is 25.4 Å². The van der Waals surface area contributed by atoms with Crippen molar-refractivity contribution in [2.24, 2.45) is 0 Å². The molecule has 1 fully saturated rings. The fourth-order valence-electron chi connectivity index (χ4n) is 3.03. The molecule has 0 aromatic heterocycles. The van der Waals surface area contributed by atoms with Crippen LogP contribution in [0, 0.1) is 11.6 Å². The van der Waals surface area contributed by atoms with Gasteiger partial charge < -0.3 is 10.2 Å². The van der Waals surface area contributed by atoms with Gasteiger partial charge in [-0.15, -0.1) is 0 Å². The van der Waals surface area contributed by atoms with Crippen molar-refractivity contribution in [1.29, 1.82) is 0 Å². The van der Waals surface area contributed by atoms with Gasteiger partial charge in [-0.2, -0.15) is 0 Å². The van der Waals surface area contributed by atoms with Crippen molar-refractivity contribution in [3.8, 4) is 0 Å². The van der Waals surface area contributed by atoms with Gasteiger partial charge in [0.1, 0.15) is 11.6 Å². The highest BCUT2D eigenvalue weighted by Gasteiger charge is 2.30. The molecule has 3 nitrogen and oxygen atoms in total. The van der Waals surface area contributed by atoms with Crippen LogP contribution < -0.4 is 5.32 Å². The molecule has 1 saturated heterocycles. The van der Waals surface area contributed by atoms with E-state index in [0.717, 1.165) is 26.2 Å². The van der Waals surface area contributed by atoms with Gasteiger partial charge in [-0.3, -0.25) is 4.90 Å². The molecule has 1 aliphatic heterocycles. The molecule has 0 saturated carbocycles. The molecule has 2 rings (SSSR count). The van der Waals surface area contributed by atoms with E-state index in [1.807, 2.05) is 6.92 Å². The molecule has 21 heavy (non-hydrogen) atoms.